The van der Waals surface area contributed by atoms with Crippen LogP contribution in [-0.2, 0) is 6.42 Å². The highest BCUT2D eigenvalue weighted by atomic mass is 19.1. The third kappa shape index (κ3) is 2.51. The van der Waals surface area contributed by atoms with Gasteiger partial charge in [-0.25, -0.2) is 4.39 Å². The Balaban J connectivity index is 2.32. The van der Waals surface area contributed by atoms with Crippen LogP contribution in [0.1, 0.15) is 31.2 Å². The third-order valence-electron chi connectivity index (χ3n) is 3.90. The zero-order valence-corrected chi connectivity index (χ0v) is 10.2. The van der Waals surface area contributed by atoms with Crippen LogP contribution in [0.5, 0.6) is 0 Å². The highest BCUT2D eigenvalue weighted by molar-refractivity contribution is 5.41. The number of rotatable bonds is 4. The zero-order valence-electron chi connectivity index (χ0n) is 10.2. The summed E-state index contributed by atoms with van der Waals surface area (Å²) in [5.74, 6) is -0.430. The van der Waals surface area contributed by atoms with Gasteiger partial charge in [-0.1, -0.05) is 12.8 Å². The average Bonchev–Trinajstić information content (AvgIpc) is 2.78. The van der Waals surface area contributed by atoms with Crippen LogP contribution in [0.4, 0.5) is 10.1 Å². The van der Waals surface area contributed by atoms with Crippen molar-refractivity contribution in [1.29, 1.82) is 0 Å². The Kier molecular flexibility index (Phi) is 3.61. The smallest absolute Gasteiger partial charge is 0.272 e. The van der Waals surface area contributed by atoms with Crippen LogP contribution < -0.4 is 5.73 Å². The van der Waals surface area contributed by atoms with E-state index in [0.717, 1.165) is 31.7 Å². The van der Waals surface area contributed by atoms with Gasteiger partial charge in [0, 0.05) is 11.6 Å². The topological polar surface area (TPSA) is 69.2 Å². The fourth-order valence-corrected chi connectivity index (χ4v) is 2.86. The fourth-order valence-electron chi connectivity index (χ4n) is 2.86. The quantitative estimate of drug-likeness (QED) is 0.661. The van der Waals surface area contributed by atoms with Crippen molar-refractivity contribution in [2.24, 2.45) is 11.1 Å². The van der Waals surface area contributed by atoms with Gasteiger partial charge in [-0.3, -0.25) is 10.1 Å². The maximum Gasteiger partial charge on any atom is 0.272 e. The van der Waals surface area contributed by atoms with E-state index in [1.165, 1.54) is 12.1 Å². The van der Waals surface area contributed by atoms with Crippen molar-refractivity contribution in [3.8, 4) is 0 Å². The predicted octanol–water partition coefficient (Wildman–Crippen LogP) is 2.80. The first kappa shape index (κ1) is 13.0. The van der Waals surface area contributed by atoms with Crippen molar-refractivity contribution in [2.75, 3.05) is 6.54 Å². The molecule has 5 heteroatoms. The highest BCUT2D eigenvalue weighted by Gasteiger charge is 2.34. The number of nitro groups is 1. The molecule has 0 aromatic heterocycles. The summed E-state index contributed by atoms with van der Waals surface area (Å²) in [6.07, 6.45) is 4.63. The Morgan fingerprint density at radius 1 is 1.39 bits per heavy atom. The molecule has 0 heterocycles. The van der Waals surface area contributed by atoms with E-state index in [-0.39, 0.29) is 11.1 Å². The maximum absolute atomic E-state index is 13.3. The molecule has 0 saturated heterocycles. The van der Waals surface area contributed by atoms with Crippen LogP contribution in [0.15, 0.2) is 18.2 Å². The zero-order chi connectivity index (χ0) is 13.2. The lowest BCUT2D eigenvalue weighted by atomic mass is 9.80. The molecule has 0 aliphatic heterocycles. The normalized spacial score (nSPS) is 17.9. The summed E-state index contributed by atoms with van der Waals surface area (Å²) in [4.78, 5) is 10.5. The minimum Gasteiger partial charge on any atom is -0.330 e. The Labute approximate surface area is 105 Å². The Morgan fingerprint density at radius 3 is 2.61 bits per heavy atom. The number of benzene rings is 1. The van der Waals surface area contributed by atoms with Gasteiger partial charge in [0.05, 0.1) is 4.92 Å². The minimum absolute atomic E-state index is 0.00359. The minimum atomic E-state index is -0.450. The Bertz CT molecular complexity index is 456. The van der Waals surface area contributed by atoms with E-state index in [2.05, 4.69) is 0 Å². The van der Waals surface area contributed by atoms with Gasteiger partial charge < -0.3 is 5.73 Å². The van der Waals surface area contributed by atoms with E-state index in [1.54, 1.807) is 0 Å². The predicted molar refractivity (Wildman–Crippen MR) is 66.7 cm³/mol. The van der Waals surface area contributed by atoms with E-state index in [1.807, 2.05) is 0 Å². The summed E-state index contributed by atoms with van der Waals surface area (Å²) < 4.78 is 13.3. The number of hydrogen-bond acceptors (Lipinski definition) is 3. The van der Waals surface area contributed by atoms with Crippen molar-refractivity contribution < 1.29 is 9.31 Å². The van der Waals surface area contributed by atoms with Gasteiger partial charge in [0.25, 0.3) is 5.69 Å². The van der Waals surface area contributed by atoms with Crippen LogP contribution in [0.2, 0.25) is 0 Å². The fraction of sp³-hybridized carbons (Fsp3) is 0.538. The number of halogens is 1. The van der Waals surface area contributed by atoms with Gasteiger partial charge in [0.1, 0.15) is 5.82 Å². The van der Waals surface area contributed by atoms with Crippen molar-refractivity contribution in [3.63, 3.8) is 0 Å². The molecule has 2 N–H and O–H groups in total. The molecule has 0 amide bonds. The molecule has 1 aliphatic rings. The van der Waals surface area contributed by atoms with Gasteiger partial charge in [-0.15, -0.1) is 0 Å². The van der Waals surface area contributed by atoms with Crippen molar-refractivity contribution in [3.05, 3.63) is 39.7 Å². The highest BCUT2D eigenvalue weighted by Crippen LogP contribution is 2.41. The molecule has 98 valence electrons. The molecule has 4 nitrogen and oxygen atoms in total. The molecule has 0 atom stereocenters. The standard InChI is InChI=1S/C13H17FN2O2/c14-11-3-4-12(16(17)18)10(7-11)8-13(9-15)5-1-2-6-13/h3-4,7H,1-2,5-6,8-9,15H2. The first-order chi connectivity index (χ1) is 8.56. The first-order valence-electron chi connectivity index (χ1n) is 6.19. The van der Waals surface area contributed by atoms with Crippen molar-refractivity contribution in [1.82, 2.24) is 0 Å². The molecule has 0 bridgehead atoms. The average molecular weight is 252 g/mol. The first-order valence-corrected chi connectivity index (χ1v) is 6.19. The molecule has 0 unspecified atom stereocenters. The lowest BCUT2D eigenvalue weighted by Gasteiger charge is -2.27. The molecule has 1 aromatic carbocycles. The van der Waals surface area contributed by atoms with Crippen molar-refractivity contribution in [2.45, 2.75) is 32.1 Å². The Morgan fingerprint density at radius 2 is 2.06 bits per heavy atom. The second-order valence-corrected chi connectivity index (χ2v) is 5.12. The van der Waals surface area contributed by atoms with Gasteiger partial charge in [0.15, 0.2) is 0 Å². The van der Waals surface area contributed by atoms with E-state index in [4.69, 9.17) is 5.73 Å². The summed E-state index contributed by atoms with van der Waals surface area (Å²) in [5, 5.41) is 11.0. The Hall–Kier alpha value is -1.49. The van der Waals surface area contributed by atoms with Crippen LogP contribution >= 0.6 is 0 Å². The van der Waals surface area contributed by atoms with Gasteiger partial charge in [-0.2, -0.15) is 0 Å². The van der Waals surface area contributed by atoms with E-state index in [9.17, 15) is 14.5 Å². The molecule has 1 aliphatic carbocycles. The molecular formula is C13H17FN2O2. The second-order valence-electron chi connectivity index (χ2n) is 5.12. The van der Waals surface area contributed by atoms with Crippen LogP contribution in [0.25, 0.3) is 0 Å². The summed E-state index contributed by atoms with van der Waals surface area (Å²) >= 11 is 0. The molecule has 0 spiro atoms. The van der Waals surface area contributed by atoms with Gasteiger partial charge in [0.2, 0.25) is 0 Å². The van der Waals surface area contributed by atoms with E-state index in [0.29, 0.717) is 18.5 Å². The molecule has 1 saturated carbocycles. The summed E-state index contributed by atoms with van der Waals surface area (Å²) in [6, 6.07) is 3.64. The summed E-state index contributed by atoms with van der Waals surface area (Å²) in [7, 11) is 0. The van der Waals surface area contributed by atoms with E-state index < -0.39 is 10.7 Å². The molecular weight excluding hydrogens is 235 g/mol. The number of nitrogens with two attached hydrogens (primary N) is 1. The maximum atomic E-state index is 13.3. The summed E-state index contributed by atoms with van der Waals surface area (Å²) in [6.45, 7) is 0.501. The molecule has 1 fully saturated rings. The third-order valence-corrected chi connectivity index (χ3v) is 3.90. The number of nitrogens with zero attached hydrogens (tertiary/aromatic N) is 1. The SMILES string of the molecule is NCC1(Cc2cc(F)ccc2[N+](=O)[O-])CCCC1. The van der Waals surface area contributed by atoms with Crippen LogP contribution in [-0.4, -0.2) is 11.5 Å². The lowest BCUT2D eigenvalue weighted by Crippen LogP contribution is -2.30. The summed E-state index contributed by atoms with van der Waals surface area (Å²) in [5.41, 5.74) is 6.19. The van der Waals surface area contributed by atoms with Crippen LogP contribution in [0, 0.1) is 21.3 Å². The molecule has 18 heavy (non-hydrogen) atoms. The molecule has 2 rings (SSSR count). The van der Waals surface area contributed by atoms with E-state index >= 15 is 0 Å². The number of hydrogen-bond donors (Lipinski definition) is 1. The van der Waals surface area contributed by atoms with Gasteiger partial charge in [-0.05, 0) is 43.4 Å². The number of nitro benzene ring substituents is 1. The monoisotopic (exact) mass is 252 g/mol. The largest absolute Gasteiger partial charge is 0.330 e. The van der Waals surface area contributed by atoms with Crippen molar-refractivity contribution >= 4 is 5.69 Å². The lowest BCUT2D eigenvalue weighted by molar-refractivity contribution is -0.385. The van der Waals surface area contributed by atoms with Crippen LogP contribution in [0.3, 0.4) is 0 Å². The van der Waals surface area contributed by atoms with Gasteiger partial charge >= 0.3 is 0 Å². The molecule has 1 aromatic rings. The molecule has 0 radical (unpaired) electrons. The second kappa shape index (κ2) is 5.02.